The molecule has 0 heterocycles. The summed E-state index contributed by atoms with van der Waals surface area (Å²) in [5.41, 5.74) is 2.28. The van der Waals surface area contributed by atoms with Gasteiger partial charge in [-0.25, -0.2) is 0 Å². The van der Waals surface area contributed by atoms with Gasteiger partial charge in [0.2, 0.25) is 0 Å². The minimum absolute atomic E-state index is 0.155. The Morgan fingerprint density at radius 1 is 1.19 bits per heavy atom. The quantitative estimate of drug-likeness (QED) is 0.553. The molecule has 0 aliphatic heterocycles. The predicted octanol–water partition coefficient (Wildman–Crippen LogP) is 4.49. The molecule has 3 fully saturated rings. The zero-order valence-electron chi connectivity index (χ0n) is 13.2. The van der Waals surface area contributed by atoms with Gasteiger partial charge in [0.1, 0.15) is 6.10 Å². The van der Waals surface area contributed by atoms with Gasteiger partial charge in [-0.15, -0.1) is 0 Å². The summed E-state index contributed by atoms with van der Waals surface area (Å²) in [5.74, 6) is 3.67. The van der Waals surface area contributed by atoms with Crippen molar-refractivity contribution >= 4 is 6.47 Å². The molecule has 116 valence electrons. The second-order valence-electron chi connectivity index (χ2n) is 8.28. The first-order valence-electron chi connectivity index (χ1n) is 8.99. The van der Waals surface area contributed by atoms with E-state index in [1.165, 1.54) is 44.9 Å². The van der Waals surface area contributed by atoms with E-state index in [1.807, 2.05) is 0 Å². The molecule has 21 heavy (non-hydrogen) atoms. The number of rotatable bonds is 2. The highest BCUT2D eigenvalue weighted by molar-refractivity contribution is 5.38. The fourth-order valence-corrected chi connectivity index (χ4v) is 6.42. The fourth-order valence-electron chi connectivity index (χ4n) is 6.42. The lowest BCUT2D eigenvalue weighted by atomic mass is 9.53. The number of carbonyl (C=O) groups excluding carboxylic acids is 1. The summed E-state index contributed by atoms with van der Waals surface area (Å²) in [5, 5.41) is 0. The van der Waals surface area contributed by atoms with Gasteiger partial charge in [-0.05, 0) is 74.0 Å². The zero-order chi connectivity index (χ0) is 14.4. The molecule has 4 aliphatic carbocycles. The number of fused-ring (bicyclic) bond motifs is 5. The highest BCUT2D eigenvalue weighted by atomic mass is 16.5. The van der Waals surface area contributed by atoms with Crippen LogP contribution < -0.4 is 0 Å². The smallest absolute Gasteiger partial charge is 0.293 e. The van der Waals surface area contributed by atoms with Crippen LogP contribution in [0.5, 0.6) is 0 Å². The van der Waals surface area contributed by atoms with Crippen molar-refractivity contribution in [1.82, 2.24) is 0 Å². The third-order valence-corrected chi connectivity index (χ3v) is 7.43. The van der Waals surface area contributed by atoms with Crippen molar-refractivity contribution in [3.63, 3.8) is 0 Å². The van der Waals surface area contributed by atoms with Crippen LogP contribution in [0.4, 0.5) is 0 Å². The Kier molecular flexibility index (Phi) is 3.39. The fraction of sp³-hybridized carbons (Fsp3) is 0.842. The predicted molar refractivity (Wildman–Crippen MR) is 82.6 cm³/mol. The van der Waals surface area contributed by atoms with Crippen LogP contribution in [-0.2, 0) is 9.53 Å². The second kappa shape index (κ2) is 5.14. The van der Waals surface area contributed by atoms with E-state index in [9.17, 15) is 4.79 Å². The van der Waals surface area contributed by atoms with Gasteiger partial charge in [0.15, 0.2) is 0 Å². The summed E-state index contributed by atoms with van der Waals surface area (Å²) >= 11 is 0. The molecule has 0 radical (unpaired) electrons. The molecule has 4 unspecified atom stereocenters. The van der Waals surface area contributed by atoms with E-state index >= 15 is 0 Å². The summed E-state index contributed by atoms with van der Waals surface area (Å²) < 4.78 is 5.23. The first kappa shape index (κ1) is 13.8. The number of hydrogen-bond donors (Lipinski definition) is 0. The van der Waals surface area contributed by atoms with Crippen LogP contribution in [0.25, 0.3) is 0 Å². The lowest BCUT2D eigenvalue weighted by Crippen LogP contribution is -2.44. The molecule has 6 atom stereocenters. The zero-order valence-corrected chi connectivity index (χ0v) is 13.2. The van der Waals surface area contributed by atoms with Crippen LogP contribution in [0.3, 0.4) is 0 Å². The molecular formula is C19H28O2. The molecule has 4 aliphatic rings. The van der Waals surface area contributed by atoms with E-state index in [-0.39, 0.29) is 6.10 Å². The van der Waals surface area contributed by atoms with E-state index in [1.54, 1.807) is 5.57 Å². The van der Waals surface area contributed by atoms with Crippen LogP contribution in [0, 0.1) is 29.1 Å². The van der Waals surface area contributed by atoms with Crippen LogP contribution in [-0.4, -0.2) is 12.6 Å². The van der Waals surface area contributed by atoms with Gasteiger partial charge in [-0.1, -0.05) is 25.0 Å². The number of allylic oxidation sites excluding steroid dienone is 1. The molecule has 0 saturated heterocycles. The van der Waals surface area contributed by atoms with E-state index in [2.05, 4.69) is 13.0 Å². The van der Waals surface area contributed by atoms with Crippen molar-refractivity contribution in [3.8, 4) is 0 Å². The molecule has 0 bridgehead atoms. The maximum absolute atomic E-state index is 10.6. The summed E-state index contributed by atoms with van der Waals surface area (Å²) in [6, 6.07) is 0. The van der Waals surface area contributed by atoms with E-state index in [0.717, 1.165) is 36.5 Å². The van der Waals surface area contributed by atoms with E-state index < -0.39 is 0 Å². The van der Waals surface area contributed by atoms with Gasteiger partial charge in [-0.3, -0.25) is 4.79 Å². The SMILES string of the molecule is C[C@@]12CCCC1C1CC=C3C[C@@H](OC=O)CCC3C1CC2. The van der Waals surface area contributed by atoms with Gasteiger partial charge in [0.05, 0.1) is 0 Å². The first-order chi connectivity index (χ1) is 10.2. The maximum Gasteiger partial charge on any atom is 0.293 e. The second-order valence-corrected chi connectivity index (χ2v) is 8.28. The molecule has 0 aromatic heterocycles. The third kappa shape index (κ3) is 2.17. The van der Waals surface area contributed by atoms with Crippen molar-refractivity contribution < 1.29 is 9.53 Å². The molecular weight excluding hydrogens is 260 g/mol. The lowest BCUT2D eigenvalue weighted by Gasteiger charge is -2.52. The van der Waals surface area contributed by atoms with Crippen LogP contribution in [0.2, 0.25) is 0 Å². The Bertz CT molecular complexity index is 454. The number of ether oxygens (including phenoxy) is 1. The molecule has 0 spiro atoms. The topological polar surface area (TPSA) is 26.3 Å². The number of hydrogen-bond acceptors (Lipinski definition) is 2. The standard InChI is InChI=1S/C19H28O2/c1-19-9-2-3-18(19)17-6-4-13-11-14(21-12-20)5-7-15(13)16(17)8-10-19/h4,12,14-18H,2-3,5-11H2,1H3/t14-,15?,16?,17?,18?,19-/m0/s1. The molecule has 2 heteroatoms. The Hall–Kier alpha value is -0.790. The average Bonchev–Trinajstić information content (AvgIpc) is 2.89. The van der Waals surface area contributed by atoms with E-state index in [4.69, 9.17) is 4.74 Å². The minimum Gasteiger partial charge on any atom is -0.464 e. The van der Waals surface area contributed by atoms with Gasteiger partial charge in [-0.2, -0.15) is 0 Å². The Morgan fingerprint density at radius 3 is 2.95 bits per heavy atom. The Balaban J connectivity index is 1.55. The van der Waals surface area contributed by atoms with Crippen molar-refractivity contribution in [2.75, 3.05) is 0 Å². The van der Waals surface area contributed by atoms with Gasteiger partial charge >= 0.3 is 0 Å². The molecule has 0 aromatic rings. The van der Waals surface area contributed by atoms with E-state index in [0.29, 0.717) is 11.9 Å². The maximum atomic E-state index is 10.6. The highest BCUT2D eigenvalue weighted by Crippen LogP contribution is 2.61. The van der Waals surface area contributed by atoms with Crippen molar-refractivity contribution in [2.45, 2.75) is 70.8 Å². The number of carbonyl (C=O) groups is 1. The van der Waals surface area contributed by atoms with Crippen molar-refractivity contribution in [2.24, 2.45) is 29.1 Å². The Morgan fingerprint density at radius 2 is 2.10 bits per heavy atom. The normalized spacial score (nSPS) is 48.6. The van der Waals surface area contributed by atoms with Gasteiger partial charge in [0, 0.05) is 6.42 Å². The highest BCUT2D eigenvalue weighted by Gasteiger charge is 2.51. The van der Waals surface area contributed by atoms with Crippen molar-refractivity contribution in [1.29, 1.82) is 0 Å². The summed E-state index contributed by atoms with van der Waals surface area (Å²) in [6.07, 6.45) is 14.6. The average molecular weight is 288 g/mol. The summed E-state index contributed by atoms with van der Waals surface area (Å²) in [6.45, 7) is 3.21. The first-order valence-corrected chi connectivity index (χ1v) is 8.99. The van der Waals surface area contributed by atoms with Gasteiger partial charge < -0.3 is 4.74 Å². The molecule has 3 saturated carbocycles. The summed E-state index contributed by atoms with van der Waals surface area (Å²) in [4.78, 5) is 10.6. The van der Waals surface area contributed by atoms with Crippen LogP contribution >= 0.6 is 0 Å². The molecule has 0 N–H and O–H groups in total. The van der Waals surface area contributed by atoms with Crippen LogP contribution in [0.1, 0.15) is 64.7 Å². The molecule has 0 aromatic carbocycles. The van der Waals surface area contributed by atoms with Crippen molar-refractivity contribution in [3.05, 3.63) is 11.6 Å². The Labute approximate surface area is 128 Å². The largest absolute Gasteiger partial charge is 0.464 e. The monoisotopic (exact) mass is 288 g/mol. The van der Waals surface area contributed by atoms with Gasteiger partial charge in [0.25, 0.3) is 6.47 Å². The molecule has 4 rings (SSSR count). The minimum atomic E-state index is 0.155. The summed E-state index contributed by atoms with van der Waals surface area (Å²) in [7, 11) is 0. The lowest BCUT2D eigenvalue weighted by molar-refractivity contribution is -0.134. The molecule has 2 nitrogen and oxygen atoms in total. The third-order valence-electron chi connectivity index (χ3n) is 7.43. The molecule has 0 amide bonds. The van der Waals surface area contributed by atoms with Crippen LogP contribution in [0.15, 0.2) is 11.6 Å².